The highest BCUT2D eigenvalue weighted by atomic mass is 35.5. The summed E-state index contributed by atoms with van der Waals surface area (Å²) in [5.41, 5.74) is 3.38. The molecule has 0 aliphatic carbocycles. The van der Waals surface area contributed by atoms with Crippen LogP contribution >= 0.6 is 11.6 Å². The number of pyridine rings is 1. The zero-order valence-electron chi connectivity index (χ0n) is 11.4. The van der Waals surface area contributed by atoms with E-state index in [2.05, 4.69) is 29.4 Å². The van der Waals surface area contributed by atoms with Crippen molar-refractivity contribution in [2.24, 2.45) is 0 Å². The molecule has 0 atom stereocenters. The molecular formula is C15H18ClN3. The lowest BCUT2D eigenvalue weighted by atomic mass is 10.2. The molecule has 1 aromatic heterocycles. The van der Waals surface area contributed by atoms with Crippen LogP contribution in [0.15, 0.2) is 36.5 Å². The Labute approximate surface area is 119 Å². The van der Waals surface area contributed by atoms with Gasteiger partial charge in [-0.2, -0.15) is 0 Å². The Morgan fingerprint density at radius 3 is 2.68 bits per heavy atom. The summed E-state index contributed by atoms with van der Waals surface area (Å²) in [6.45, 7) is 2.84. The molecule has 2 aromatic rings. The van der Waals surface area contributed by atoms with Gasteiger partial charge in [0.05, 0.1) is 5.02 Å². The standard InChI is InChI=1S/C15H18ClN3/c1-11-6-4-5-7-14(11)19(3)15-13(16)8-12(9-17-2)10-18-15/h4-8,10,17H,9H2,1-3H3. The van der Waals surface area contributed by atoms with Crippen LogP contribution in [0.3, 0.4) is 0 Å². The summed E-state index contributed by atoms with van der Waals surface area (Å²) >= 11 is 6.33. The first-order valence-electron chi connectivity index (χ1n) is 6.22. The van der Waals surface area contributed by atoms with Crippen LogP contribution < -0.4 is 10.2 Å². The van der Waals surface area contributed by atoms with E-state index in [9.17, 15) is 0 Å². The summed E-state index contributed by atoms with van der Waals surface area (Å²) in [6.07, 6.45) is 1.85. The first-order chi connectivity index (χ1) is 9.13. The van der Waals surface area contributed by atoms with Crippen LogP contribution in [0.4, 0.5) is 11.5 Å². The van der Waals surface area contributed by atoms with Crippen molar-refractivity contribution < 1.29 is 0 Å². The van der Waals surface area contributed by atoms with Gasteiger partial charge >= 0.3 is 0 Å². The predicted octanol–water partition coefficient (Wildman–Crippen LogP) is 3.53. The van der Waals surface area contributed by atoms with Crippen LogP contribution in [0.5, 0.6) is 0 Å². The van der Waals surface area contributed by atoms with Crippen LogP contribution in [-0.4, -0.2) is 19.1 Å². The fourth-order valence-corrected chi connectivity index (χ4v) is 2.39. The number of aromatic nitrogens is 1. The summed E-state index contributed by atoms with van der Waals surface area (Å²) in [6, 6.07) is 10.1. The highest BCUT2D eigenvalue weighted by Crippen LogP contribution is 2.30. The van der Waals surface area contributed by atoms with Gasteiger partial charge in [0.2, 0.25) is 0 Å². The van der Waals surface area contributed by atoms with Gasteiger partial charge in [0, 0.05) is 25.5 Å². The van der Waals surface area contributed by atoms with Crippen molar-refractivity contribution in [1.29, 1.82) is 0 Å². The summed E-state index contributed by atoms with van der Waals surface area (Å²) in [5, 5.41) is 3.75. The number of anilines is 2. The van der Waals surface area contributed by atoms with Crippen molar-refractivity contribution in [3.8, 4) is 0 Å². The van der Waals surface area contributed by atoms with E-state index in [1.807, 2.05) is 43.4 Å². The zero-order valence-corrected chi connectivity index (χ0v) is 12.2. The van der Waals surface area contributed by atoms with E-state index in [1.165, 1.54) is 5.56 Å². The monoisotopic (exact) mass is 275 g/mol. The van der Waals surface area contributed by atoms with E-state index in [0.29, 0.717) is 5.02 Å². The van der Waals surface area contributed by atoms with Gasteiger partial charge in [0.1, 0.15) is 0 Å². The number of halogens is 1. The van der Waals surface area contributed by atoms with Crippen molar-refractivity contribution in [3.05, 3.63) is 52.7 Å². The minimum absolute atomic E-state index is 0.665. The predicted molar refractivity (Wildman–Crippen MR) is 81.3 cm³/mol. The van der Waals surface area contributed by atoms with Crippen LogP contribution in [0, 0.1) is 6.92 Å². The molecule has 2 rings (SSSR count). The normalized spacial score (nSPS) is 10.5. The molecule has 19 heavy (non-hydrogen) atoms. The molecule has 1 heterocycles. The van der Waals surface area contributed by atoms with Gasteiger partial charge < -0.3 is 10.2 Å². The molecule has 0 saturated heterocycles. The average molecular weight is 276 g/mol. The average Bonchev–Trinajstić information content (AvgIpc) is 2.39. The maximum absolute atomic E-state index is 6.33. The minimum Gasteiger partial charge on any atom is -0.328 e. The van der Waals surface area contributed by atoms with E-state index in [-0.39, 0.29) is 0 Å². The molecule has 100 valence electrons. The van der Waals surface area contributed by atoms with Crippen LogP contribution in [0.1, 0.15) is 11.1 Å². The maximum atomic E-state index is 6.33. The van der Waals surface area contributed by atoms with E-state index in [4.69, 9.17) is 11.6 Å². The second-order valence-corrected chi connectivity index (χ2v) is 4.93. The topological polar surface area (TPSA) is 28.2 Å². The third-order valence-electron chi connectivity index (χ3n) is 3.05. The Kier molecular flexibility index (Phi) is 4.40. The Balaban J connectivity index is 2.34. The van der Waals surface area contributed by atoms with E-state index in [1.54, 1.807) is 0 Å². The Morgan fingerprint density at radius 1 is 1.32 bits per heavy atom. The highest BCUT2D eigenvalue weighted by Gasteiger charge is 2.12. The Bertz CT molecular complexity index is 569. The summed E-state index contributed by atoms with van der Waals surface area (Å²) in [7, 11) is 3.88. The third-order valence-corrected chi connectivity index (χ3v) is 3.33. The SMILES string of the molecule is CNCc1cnc(N(C)c2ccccc2C)c(Cl)c1. The van der Waals surface area contributed by atoms with Gasteiger partial charge in [-0.25, -0.2) is 4.98 Å². The molecule has 0 spiro atoms. The molecule has 0 fully saturated rings. The summed E-state index contributed by atoms with van der Waals surface area (Å²) in [5.74, 6) is 0.774. The molecule has 1 aromatic carbocycles. The van der Waals surface area contributed by atoms with E-state index in [0.717, 1.165) is 23.6 Å². The van der Waals surface area contributed by atoms with Gasteiger partial charge in [-0.3, -0.25) is 0 Å². The Hall–Kier alpha value is -1.58. The quantitative estimate of drug-likeness (QED) is 0.925. The van der Waals surface area contributed by atoms with Crippen molar-refractivity contribution >= 4 is 23.1 Å². The van der Waals surface area contributed by atoms with E-state index >= 15 is 0 Å². The number of nitrogens with one attached hydrogen (secondary N) is 1. The lowest BCUT2D eigenvalue weighted by Gasteiger charge is -2.21. The van der Waals surface area contributed by atoms with Crippen LogP contribution in [0.2, 0.25) is 5.02 Å². The second kappa shape index (κ2) is 6.04. The molecule has 0 unspecified atom stereocenters. The molecular weight excluding hydrogens is 258 g/mol. The fourth-order valence-electron chi connectivity index (χ4n) is 2.07. The van der Waals surface area contributed by atoms with Crippen molar-refractivity contribution in [2.45, 2.75) is 13.5 Å². The molecule has 0 bridgehead atoms. The minimum atomic E-state index is 0.665. The number of hydrogen-bond donors (Lipinski definition) is 1. The number of benzene rings is 1. The van der Waals surface area contributed by atoms with Gasteiger partial charge in [-0.15, -0.1) is 0 Å². The second-order valence-electron chi connectivity index (χ2n) is 4.52. The number of aryl methyl sites for hydroxylation is 1. The van der Waals surface area contributed by atoms with Crippen molar-refractivity contribution in [1.82, 2.24) is 10.3 Å². The number of nitrogens with zero attached hydrogens (tertiary/aromatic N) is 2. The molecule has 1 N–H and O–H groups in total. The third kappa shape index (κ3) is 3.06. The summed E-state index contributed by atoms with van der Waals surface area (Å²) < 4.78 is 0. The van der Waals surface area contributed by atoms with Gasteiger partial charge in [0.25, 0.3) is 0 Å². The first kappa shape index (κ1) is 13.8. The first-order valence-corrected chi connectivity index (χ1v) is 6.59. The lowest BCUT2D eigenvalue weighted by molar-refractivity contribution is 0.813. The summed E-state index contributed by atoms with van der Waals surface area (Å²) in [4.78, 5) is 6.48. The van der Waals surface area contributed by atoms with Crippen molar-refractivity contribution in [2.75, 3.05) is 19.0 Å². The van der Waals surface area contributed by atoms with Gasteiger partial charge in [-0.1, -0.05) is 29.8 Å². The van der Waals surface area contributed by atoms with Gasteiger partial charge in [0.15, 0.2) is 5.82 Å². The van der Waals surface area contributed by atoms with Crippen LogP contribution in [0.25, 0.3) is 0 Å². The fraction of sp³-hybridized carbons (Fsp3) is 0.267. The van der Waals surface area contributed by atoms with E-state index < -0.39 is 0 Å². The molecule has 0 radical (unpaired) electrons. The van der Waals surface area contributed by atoms with Gasteiger partial charge in [-0.05, 0) is 37.2 Å². The number of para-hydroxylation sites is 1. The largest absolute Gasteiger partial charge is 0.328 e. The highest BCUT2D eigenvalue weighted by molar-refractivity contribution is 6.33. The zero-order chi connectivity index (χ0) is 13.8. The molecule has 0 aliphatic heterocycles. The Morgan fingerprint density at radius 2 is 2.05 bits per heavy atom. The molecule has 0 amide bonds. The smallest absolute Gasteiger partial charge is 0.151 e. The number of hydrogen-bond acceptors (Lipinski definition) is 3. The lowest BCUT2D eigenvalue weighted by Crippen LogP contribution is -2.14. The molecule has 4 heteroatoms. The number of rotatable bonds is 4. The molecule has 0 saturated carbocycles. The van der Waals surface area contributed by atoms with Crippen molar-refractivity contribution in [3.63, 3.8) is 0 Å². The maximum Gasteiger partial charge on any atom is 0.151 e. The van der Waals surface area contributed by atoms with Crippen LogP contribution in [-0.2, 0) is 6.54 Å². The molecule has 3 nitrogen and oxygen atoms in total. The molecule has 0 aliphatic rings.